The molecule has 1 aliphatic rings. The van der Waals surface area contributed by atoms with Crippen molar-refractivity contribution in [2.75, 3.05) is 18.0 Å². The summed E-state index contributed by atoms with van der Waals surface area (Å²) in [7, 11) is 0. The van der Waals surface area contributed by atoms with Gasteiger partial charge in [0.15, 0.2) is 11.5 Å². The summed E-state index contributed by atoms with van der Waals surface area (Å²) in [6.45, 7) is 2.26. The SMILES string of the molecule is O=C(NCc1ccnc(N2CCCC2)n1)c1cc(-c2cccnc2)on1. The second-order valence-electron chi connectivity index (χ2n) is 6.04. The van der Waals surface area contributed by atoms with Crippen LogP contribution in [0.3, 0.4) is 0 Å². The van der Waals surface area contributed by atoms with Crippen molar-refractivity contribution in [1.82, 2.24) is 25.4 Å². The lowest BCUT2D eigenvalue weighted by Gasteiger charge is -2.15. The predicted molar refractivity (Wildman–Crippen MR) is 94.4 cm³/mol. The highest BCUT2D eigenvalue weighted by Gasteiger charge is 2.16. The van der Waals surface area contributed by atoms with Gasteiger partial charge >= 0.3 is 0 Å². The Balaban J connectivity index is 1.40. The fourth-order valence-electron chi connectivity index (χ4n) is 2.84. The van der Waals surface area contributed by atoms with E-state index in [0.29, 0.717) is 12.3 Å². The molecule has 1 fully saturated rings. The molecular formula is C18H18N6O2. The molecule has 0 aromatic carbocycles. The standard InChI is InChI=1S/C18H18N6O2/c25-17(15-10-16(26-23-15)13-4-3-6-19-11-13)21-12-14-5-7-20-18(22-14)24-8-1-2-9-24/h3-7,10-11H,1-2,8-9,12H2,(H,21,25). The van der Waals surface area contributed by atoms with Crippen LogP contribution in [0.1, 0.15) is 29.0 Å². The Morgan fingerprint density at radius 1 is 1.23 bits per heavy atom. The van der Waals surface area contributed by atoms with Crippen LogP contribution in [0.5, 0.6) is 0 Å². The summed E-state index contributed by atoms with van der Waals surface area (Å²) in [6, 6.07) is 7.03. The summed E-state index contributed by atoms with van der Waals surface area (Å²) in [6.07, 6.45) is 7.37. The molecule has 0 spiro atoms. The Morgan fingerprint density at radius 3 is 2.92 bits per heavy atom. The predicted octanol–water partition coefficient (Wildman–Crippen LogP) is 2.06. The molecule has 0 radical (unpaired) electrons. The van der Waals surface area contributed by atoms with E-state index in [9.17, 15) is 4.79 Å². The van der Waals surface area contributed by atoms with Crippen LogP contribution in [-0.4, -0.2) is 39.1 Å². The number of aromatic nitrogens is 4. The first-order chi connectivity index (χ1) is 12.8. The highest BCUT2D eigenvalue weighted by atomic mass is 16.5. The number of pyridine rings is 1. The van der Waals surface area contributed by atoms with Crippen LogP contribution >= 0.6 is 0 Å². The molecule has 0 saturated carbocycles. The van der Waals surface area contributed by atoms with E-state index in [1.165, 1.54) is 0 Å². The highest BCUT2D eigenvalue weighted by Crippen LogP contribution is 2.19. The number of anilines is 1. The third-order valence-corrected chi connectivity index (χ3v) is 4.21. The fraction of sp³-hybridized carbons (Fsp3) is 0.278. The molecule has 8 nitrogen and oxygen atoms in total. The van der Waals surface area contributed by atoms with Gasteiger partial charge in [-0.1, -0.05) is 5.16 Å². The van der Waals surface area contributed by atoms with E-state index in [1.807, 2.05) is 6.07 Å². The van der Waals surface area contributed by atoms with Crippen LogP contribution < -0.4 is 10.2 Å². The average molecular weight is 350 g/mol. The van der Waals surface area contributed by atoms with E-state index < -0.39 is 0 Å². The zero-order chi connectivity index (χ0) is 17.8. The molecule has 132 valence electrons. The maximum atomic E-state index is 12.3. The van der Waals surface area contributed by atoms with E-state index in [1.54, 1.807) is 36.8 Å². The summed E-state index contributed by atoms with van der Waals surface area (Å²) in [5.41, 5.74) is 1.74. The first-order valence-electron chi connectivity index (χ1n) is 8.52. The zero-order valence-corrected chi connectivity index (χ0v) is 14.1. The molecule has 3 aromatic rings. The van der Waals surface area contributed by atoms with Gasteiger partial charge in [0, 0.05) is 43.3 Å². The van der Waals surface area contributed by atoms with Crippen LogP contribution in [0, 0.1) is 0 Å². The van der Waals surface area contributed by atoms with Crippen molar-refractivity contribution in [2.24, 2.45) is 0 Å². The number of carbonyl (C=O) groups excluding carboxylic acids is 1. The molecule has 26 heavy (non-hydrogen) atoms. The number of hydrogen-bond acceptors (Lipinski definition) is 7. The molecule has 4 rings (SSSR count). The molecule has 1 aliphatic heterocycles. The number of nitrogens with zero attached hydrogens (tertiary/aromatic N) is 5. The molecule has 4 heterocycles. The Labute approximate surface area is 150 Å². The van der Waals surface area contributed by atoms with Crippen molar-refractivity contribution < 1.29 is 9.32 Å². The first-order valence-corrected chi connectivity index (χ1v) is 8.52. The van der Waals surface area contributed by atoms with Crippen LogP contribution in [-0.2, 0) is 6.54 Å². The molecule has 1 N–H and O–H groups in total. The summed E-state index contributed by atoms with van der Waals surface area (Å²) >= 11 is 0. The van der Waals surface area contributed by atoms with Crippen LogP contribution in [0.2, 0.25) is 0 Å². The van der Waals surface area contributed by atoms with Crippen molar-refractivity contribution in [3.05, 3.63) is 54.2 Å². The monoisotopic (exact) mass is 350 g/mol. The molecule has 8 heteroatoms. The van der Waals surface area contributed by atoms with Gasteiger partial charge in [0.05, 0.1) is 12.2 Å². The number of amides is 1. The molecule has 0 aliphatic carbocycles. The fourth-order valence-corrected chi connectivity index (χ4v) is 2.84. The van der Waals surface area contributed by atoms with Gasteiger partial charge in [-0.15, -0.1) is 0 Å². The number of hydrogen-bond donors (Lipinski definition) is 1. The lowest BCUT2D eigenvalue weighted by molar-refractivity contribution is 0.0941. The highest BCUT2D eigenvalue weighted by molar-refractivity contribution is 5.92. The molecule has 1 saturated heterocycles. The molecule has 0 bridgehead atoms. The van der Waals surface area contributed by atoms with E-state index in [0.717, 1.165) is 43.1 Å². The Kier molecular flexibility index (Phi) is 4.55. The maximum Gasteiger partial charge on any atom is 0.273 e. The molecule has 1 amide bonds. The molecular weight excluding hydrogens is 332 g/mol. The maximum absolute atomic E-state index is 12.3. The van der Waals surface area contributed by atoms with Gasteiger partial charge in [0.2, 0.25) is 5.95 Å². The number of nitrogens with one attached hydrogen (secondary N) is 1. The smallest absolute Gasteiger partial charge is 0.273 e. The Hall–Kier alpha value is -3.29. The minimum atomic E-state index is -0.315. The summed E-state index contributed by atoms with van der Waals surface area (Å²) < 4.78 is 5.23. The minimum absolute atomic E-state index is 0.220. The normalized spacial score (nSPS) is 13.8. The molecule has 0 atom stereocenters. The number of rotatable bonds is 5. The summed E-state index contributed by atoms with van der Waals surface area (Å²) in [5.74, 6) is 0.904. The van der Waals surface area contributed by atoms with E-state index >= 15 is 0 Å². The van der Waals surface area contributed by atoms with E-state index in [4.69, 9.17) is 4.52 Å². The van der Waals surface area contributed by atoms with Gasteiger partial charge in [-0.3, -0.25) is 9.78 Å². The summed E-state index contributed by atoms with van der Waals surface area (Å²) in [4.78, 5) is 27.3. The van der Waals surface area contributed by atoms with Crippen molar-refractivity contribution in [3.8, 4) is 11.3 Å². The van der Waals surface area contributed by atoms with Crippen molar-refractivity contribution >= 4 is 11.9 Å². The van der Waals surface area contributed by atoms with Crippen LogP contribution in [0.15, 0.2) is 47.4 Å². The third-order valence-electron chi connectivity index (χ3n) is 4.21. The quantitative estimate of drug-likeness (QED) is 0.752. The van der Waals surface area contributed by atoms with Gasteiger partial charge in [-0.2, -0.15) is 0 Å². The van der Waals surface area contributed by atoms with E-state index in [-0.39, 0.29) is 11.6 Å². The molecule has 3 aromatic heterocycles. The van der Waals surface area contributed by atoms with Gasteiger partial charge in [0.25, 0.3) is 5.91 Å². The average Bonchev–Trinajstić information content (AvgIpc) is 3.39. The topological polar surface area (TPSA) is 97.0 Å². The largest absolute Gasteiger partial charge is 0.355 e. The minimum Gasteiger partial charge on any atom is -0.355 e. The Morgan fingerprint density at radius 2 is 2.12 bits per heavy atom. The van der Waals surface area contributed by atoms with Crippen LogP contribution in [0.25, 0.3) is 11.3 Å². The second kappa shape index (κ2) is 7.30. The summed E-state index contributed by atoms with van der Waals surface area (Å²) in [5, 5.41) is 6.64. The van der Waals surface area contributed by atoms with Gasteiger partial charge in [-0.05, 0) is 31.0 Å². The second-order valence-corrected chi connectivity index (χ2v) is 6.04. The molecule has 0 unspecified atom stereocenters. The Bertz CT molecular complexity index is 889. The number of carbonyl (C=O) groups is 1. The van der Waals surface area contributed by atoms with Crippen LogP contribution in [0.4, 0.5) is 5.95 Å². The van der Waals surface area contributed by atoms with Gasteiger partial charge in [-0.25, -0.2) is 9.97 Å². The van der Waals surface area contributed by atoms with Gasteiger partial charge in [0.1, 0.15) is 0 Å². The van der Waals surface area contributed by atoms with Gasteiger partial charge < -0.3 is 14.7 Å². The first kappa shape index (κ1) is 16.2. The van der Waals surface area contributed by atoms with Crippen molar-refractivity contribution in [1.29, 1.82) is 0 Å². The lowest BCUT2D eigenvalue weighted by Crippen LogP contribution is -2.25. The zero-order valence-electron chi connectivity index (χ0n) is 14.1. The van der Waals surface area contributed by atoms with E-state index in [2.05, 4.69) is 30.3 Å². The lowest BCUT2D eigenvalue weighted by atomic mass is 10.2. The van der Waals surface area contributed by atoms with Crippen molar-refractivity contribution in [2.45, 2.75) is 19.4 Å². The third kappa shape index (κ3) is 3.53. The van der Waals surface area contributed by atoms with Crippen molar-refractivity contribution in [3.63, 3.8) is 0 Å².